The Labute approximate surface area is 134 Å². The average Bonchev–Trinajstić information content (AvgIpc) is 2.72. The maximum atomic E-state index is 13.0. The van der Waals surface area contributed by atoms with E-state index in [0.717, 1.165) is 32.1 Å². The zero-order chi connectivity index (χ0) is 15.5. The molecular weight excluding hydrogens is 356 g/mol. The Morgan fingerprint density at radius 2 is 2.24 bits per heavy atom. The van der Waals surface area contributed by atoms with Crippen molar-refractivity contribution in [1.82, 2.24) is 9.29 Å². The van der Waals surface area contributed by atoms with Crippen LogP contribution in [0, 0.1) is 0 Å². The van der Waals surface area contributed by atoms with Crippen LogP contribution in [0.1, 0.15) is 39.0 Å². The van der Waals surface area contributed by atoms with Gasteiger partial charge in [0.25, 0.3) is 0 Å². The number of aromatic nitrogens is 1. The maximum absolute atomic E-state index is 13.0. The van der Waals surface area contributed by atoms with Crippen LogP contribution in [0.5, 0.6) is 0 Å². The molecule has 1 aromatic rings. The van der Waals surface area contributed by atoms with Gasteiger partial charge in [0.05, 0.1) is 0 Å². The van der Waals surface area contributed by atoms with E-state index in [1.165, 1.54) is 6.20 Å². The number of pyridine rings is 1. The first-order chi connectivity index (χ1) is 10.0. The number of nitrogens with zero attached hydrogens (tertiary/aromatic N) is 2. The molecule has 0 amide bonds. The second-order valence-corrected chi connectivity index (χ2v) is 7.95. The SMILES string of the molecule is CCC1CCCCCN1S(=O)(=O)c1cc(Br)cnc1NN. The van der Waals surface area contributed by atoms with E-state index >= 15 is 0 Å². The number of nitrogen functional groups attached to an aromatic ring is 1. The normalized spacial score (nSPS) is 21.0. The minimum absolute atomic E-state index is 0.0436. The third-order valence-corrected chi connectivity index (χ3v) is 6.24. The maximum Gasteiger partial charge on any atom is 0.247 e. The lowest BCUT2D eigenvalue weighted by molar-refractivity contribution is 0.315. The molecule has 0 saturated carbocycles. The second-order valence-electron chi connectivity index (χ2n) is 5.17. The van der Waals surface area contributed by atoms with Crippen LogP contribution in [0.3, 0.4) is 0 Å². The molecule has 6 nitrogen and oxygen atoms in total. The van der Waals surface area contributed by atoms with Crippen molar-refractivity contribution >= 4 is 31.8 Å². The summed E-state index contributed by atoms with van der Waals surface area (Å²) < 4.78 is 28.3. The molecule has 1 unspecified atom stereocenters. The fourth-order valence-corrected chi connectivity index (χ4v) is 5.11. The van der Waals surface area contributed by atoms with Crippen molar-refractivity contribution < 1.29 is 8.42 Å². The Balaban J connectivity index is 2.46. The summed E-state index contributed by atoms with van der Waals surface area (Å²) in [5.74, 6) is 5.59. The fourth-order valence-electron chi connectivity index (χ4n) is 2.73. The Kier molecular flexibility index (Phi) is 5.59. The van der Waals surface area contributed by atoms with Gasteiger partial charge in [0, 0.05) is 23.3 Å². The highest BCUT2D eigenvalue weighted by Crippen LogP contribution is 2.30. The van der Waals surface area contributed by atoms with Gasteiger partial charge in [-0.2, -0.15) is 4.31 Å². The van der Waals surface area contributed by atoms with E-state index in [2.05, 4.69) is 26.3 Å². The summed E-state index contributed by atoms with van der Waals surface area (Å²) in [6.07, 6.45) is 6.27. The highest BCUT2D eigenvalue weighted by Gasteiger charge is 2.33. The van der Waals surface area contributed by atoms with E-state index in [0.29, 0.717) is 11.0 Å². The van der Waals surface area contributed by atoms with E-state index in [1.54, 1.807) is 10.4 Å². The van der Waals surface area contributed by atoms with Gasteiger partial charge >= 0.3 is 0 Å². The summed E-state index contributed by atoms with van der Waals surface area (Å²) >= 11 is 3.28. The summed E-state index contributed by atoms with van der Waals surface area (Å²) in [6.45, 7) is 2.58. The minimum Gasteiger partial charge on any atom is -0.307 e. The predicted octanol–water partition coefficient (Wildman–Crippen LogP) is 2.47. The number of nitrogens with two attached hydrogens (primary N) is 1. The quantitative estimate of drug-likeness (QED) is 0.622. The Bertz CT molecular complexity index is 594. The molecule has 2 heterocycles. The predicted molar refractivity (Wildman–Crippen MR) is 86.2 cm³/mol. The van der Waals surface area contributed by atoms with Crippen LogP contribution in [-0.2, 0) is 10.0 Å². The molecule has 1 saturated heterocycles. The highest BCUT2D eigenvalue weighted by molar-refractivity contribution is 9.10. The molecule has 8 heteroatoms. The molecule has 0 spiro atoms. The number of halogens is 1. The molecule has 0 radical (unpaired) electrons. The second kappa shape index (κ2) is 7.04. The number of rotatable bonds is 4. The van der Waals surface area contributed by atoms with Gasteiger partial charge in [-0.3, -0.25) is 0 Å². The molecule has 0 aromatic carbocycles. The van der Waals surface area contributed by atoms with Crippen molar-refractivity contribution in [3.05, 3.63) is 16.7 Å². The largest absolute Gasteiger partial charge is 0.307 e. The zero-order valence-electron chi connectivity index (χ0n) is 12.0. The van der Waals surface area contributed by atoms with Gasteiger partial charge in [-0.1, -0.05) is 19.8 Å². The lowest BCUT2D eigenvalue weighted by Gasteiger charge is -2.28. The van der Waals surface area contributed by atoms with Gasteiger partial charge in [-0.05, 0) is 41.3 Å². The fraction of sp³-hybridized carbons (Fsp3) is 0.615. The standard InChI is InChI=1S/C13H21BrN4O2S/c1-2-11-6-4-3-5-7-18(11)21(19,20)12-8-10(14)9-16-13(12)17-15/h8-9,11H,2-7,15H2,1H3,(H,16,17). The van der Waals surface area contributed by atoms with Crippen molar-refractivity contribution in [1.29, 1.82) is 0 Å². The van der Waals surface area contributed by atoms with Crippen LogP contribution in [0.2, 0.25) is 0 Å². The van der Waals surface area contributed by atoms with Crippen LogP contribution in [0.15, 0.2) is 21.6 Å². The van der Waals surface area contributed by atoms with Crippen molar-refractivity contribution in [3.63, 3.8) is 0 Å². The van der Waals surface area contributed by atoms with Crippen LogP contribution in [0.25, 0.3) is 0 Å². The number of hydrogen-bond acceptors (Lipinski definition) is 5. The first-order valence-electron chi connectivity index (χ1n) is 7.14. The molecule has 0 bridgehead atoms. The summed E-state index contributed by atoms with van der Waals surface area (Å²) in [5, 5.41) is 0. The van der Waals surface area contributed by atoms with Crippen LogP contribution >= 0.6 is 15.9 Å². The monoisotopic (exact) mass is 376 g/mol. The van der Waals surface area contributed by atoms with E-state index in [4.69, 9.17) is 5.84 Å². The van der Waals surface area contributed by atoms with E-state index < -0.39 is 10.0 Å². The average molecular weight is 377 g/mol. The molecule has 0 aliphatic carbocycles. The van der Waals surface area contributed by atoms with Gasteiger partial charge in [-0.25, -0.2) is 19.2 Å². The molecule has 1 aliphatic heterocycles. The molecule has 1 atom stereocenters. The third-order valence-electron chi connectivity index (χ3n) is 3.84. The van der Waals surface area contributed by atoms with Crippen LogP contribution < -0.4 is 11.3 Å². The molecular formula is C13H21BrN4O2S. The number of hydrazine groups is 1. The Morgan fingerprint density at radius 1 is 1.48 bits per heavy atom. The summed E-state index contributed by atoms with van der Waals surface area (Å²) in [7, 11) is -3.61. The highest BCUT2D eigenvalue weighted by atomic mass is 79.9. The lowest BCUT2D eigenvalue weighted by atomic mass is 10.1. The number of hydrogen-bond donors (Lipinski definition) is 2. The number of nitrogens with one attached hydrogen (secondary N) is 1. The topological polar surface area (TPSA) is 88.3 Å². The first kappa shape index (κ1) is 16.7. The molecule has 2 rings (SSSR count). The van der Waals surface area contributed by atoms with Crippen molar-refractivity contribution in [2.45, 2.75) is 50.0 Å². The molecule has 1 fully saturated rings. The lowest BCUT2D eigenvalue weighted by Crippen LogP contribution is -2.40. The summed E-state index contributed by atoms with van der Waals surface area (Å²) in [5.41, 5.74) is 2.38. The van der Waals surface area contributed by atoms with E-state index in [1.807, 2.05) is 6.92 Å². The third kappa shape index (κ3) is 3.56. The first-order valence-corrected chi connectivity index (χ1v) is 9.38. The van der Waals surface area contributed by atoms with E-state index in [-0.39, 0.29) is 16.8 Å². The molecule has 1 aliphatic rings. The summed E-state index contributed by atoms with van der Waals surface area (Å²) in [6, 6.07) is 1.59. The van der Waals surface area contributed by atoms with Crippen molar-refractivity contribution in [2.24, 2.45) is 5.84 Å². The zero-order valence-corrected chi connectivity index (χ0v) is 14.5. The summed E-state index contributed by atoms with van der Waals surface area (Å²) in [4.78, 5) is 4.17. The Hall–Kier alpha value is -0.700. The molecule has 21 heavy (non-hydrogen) atoms. The van der Waals surface area contributed by atoms with Crippen molar-refractivity contribution in [2.75, 3.05) is 12.0 Å². The van der Waals surface area contributed by atoms with E-state index in [9.17, 15) is 8.42 Å². The van der Waals surface area contributed by atoms with Gasteiger partial charge in [-0.15, -0.1) is 0 Å². The van der Waals surface area contributed by atoms with Crippen LogP contribution in [0.4, 0.5) is 5.82 Å². The van der Waals surface area contributed by atoms with Crippen molar-refractivity contribution in [3.8, 4) is 0 Å². The Morgan fingerprint density at radius 3 is 2.90 bits per heavy atom. The van der Waals surface area contributed by atoms with Gasteiger partial charge < -0.3 is 5.43 Å². The molecule has 3 N–H and O–H groups in total. The number of anilines is 1. The minimum atomic E-state index is -3.61. The smallest absolute Gasteiger partial charge is 0.247 e. The number of sulfonamides is 1. The molecule has 1 aromatic heterocycles. The van der Waals surface area contributed by atoms with Gasteiger partial charge in [0.1, 0.15) is 4.90 Å². The van der Waals surface area contributed by atoms with Crippen LogP contribution in [-0.4, -0.2) is 30.3 Å². The molecule has 118 valence electrons. The van der Waals surface area contributed by atoms with Gasteiger partial charge in [0.2, 0.25) is 10.0 Å². The van der Waals surface area contributed by atoms with Gasteiger partial charge in [0.15, 0.2) is 5.82 Å².